The van der Waals surface area contributed by atoms with E-state index in [1.54, 1.807) is 0 Å². The highest BCUT2D eigenvalue weighted by molar-refractivity contribution is 6.26. The summed E-state index contributed by atoms with van der Waals surface area (Å²) in [7, 11) is 1.96. The summed E-state index contributed by atoms with van der Waals surface area (Å²) in [5, 5.41) is 3.52. The van der Waals surface area contributed by atoms with E-state index in [0.29, 0.717) is 0 Å². The molecule has 0 aliphatic rings. The van der Waals surface area contributed by atoms with Gasteiger partial charge in [-0.25, -0.2) is 0 Å². The van der Waals surface area contributed by atoms with Crippen LogP contribution >= 0.6 is 0 Å². The molecule has 24 heavy (non-hydrogen) atoms. The summed E-state index contributed by atoms with van der Waals surface area (Å²) in [6.07, 6.45) is 7.60. The second kappa shape index (κ2) is 19.4. The van der Waals surface area contributed by atoms with Crippen LogP contribution in [-0.4, -0.2) is 79.0 Å². The first-order valence-electron chi connectivity index (χ1n) is 10.4. The number of unbranched alkanes of at least 4 members (excludes halogenated alkanes) is 1. The highest BCUT2D eigenvalue weighted by atomic mass is 28.2. The Morgan fingerprint density at radius 1 is 0.833 bits per heavy atom. The summed E-state index contributed by atoms with van der Waals surface area (Å²) in [4.78, 5) is 5.09. The molecule has 0 unspecified atom stereocenters. The van der Waals surface area contributed by atoms with E-state index in [9.17, 15) is 0 Å². The molecule has 0 heterocycles. The van der Waals surface area contributed by atoms with Gasteiger partial charge < -0.3 is 19.5 Å². The standard InChI is InChI=1S/C19H45N3OSi/c1-5-8-18-23-24-19-11-17-22(15-9-13-20-12-6-2)16-10-14-21(4)7-3/h20H,5-19,24H2,1-4H3. The normalized spacial score (nSPS) is 12.2. The Morgan fingerprint density at radius 3 is 2.29 bits per heavy atom. The predicted molar refractivity (Wildman–Crippen MR) is 111 cm³/mol. The van der Waals surface area contributed by atoms with E-state index in [1.165, 1.54) is 70.7 Å². The van der Waals surface area contributed by atoms with Crippen molar-refractivity contribution < 1.29 is 4.43 Å². The number of nitrogens with zero attached hydrogens (tertiary/aromatic N) is 2. The van der Waals surface area contributed by atoms with Gasteiger partial charge in [-0.2, -0.15) is 0 Å². The zero-order valence-electron chi connectivity index (χ0n) is 17.1. The van der Waals surface area contributed by atoms with Gasteiger partial charge in [0.25, 0.3) is 0 Å². The molecule has 0 spiro atoms. The highest BCUT2D eigenvalue weighted by Crippen LogP contribution is 2.01. The number of nitrogens with one attached hydrogen (secondary N) is 1. The molecule has 0 aromatic rings. The molecule has 5 heteroatoms. The van der Waals surface area contributed by atoms with Crippen molar-refractivity contribution in [2.75, 3.05) is 59.5 Å². The fraction of sp³-hybridized carbons (Fsp3) is 1.00. The van der Waals surface area contributed by atoms with Gasteiger partial charge in [-0.1, -0.05) is 27.2 Å². The van der Waals surface area contributed by atoms with E-state index in [2.05, 4.69) is 42.9 Å². The van der Waals surface area contributed by atoms with Gasteiger partial charge in [-0.3, -0.25) is 0 Å². The van der Waals surface area contributed by atoms with Crippen LogP contribution in [0.3, 0.4) is 0 Å². The number of hydrogen-bond acceptors (Lipinski definition) is 4. The lowest BCUT2D eigenvalue weighted by molar-refractivity contribution is 0.243. The Labute approximate surface area is 154 Å². The minimum atomic E-state index is -0.265. The molecule has 0 saturated carbocycles. The zero-order valence-corrected chi connectivity index (χ0v) is 18.5. The molecule has 0 atom stereocenters. The third-order valence-electron chi connectivity index (χ3n) is 4.46. The average Bonchev–Trinajstić information content (AvgIpc) is 2.59. The van der Waals surface area contributed by atoms with Crippen LogP contribution < -0.4 is 5.32 Å². The molecule has 0 amide bonds. The monoisotopic (exact) mass is 359 g/mol. The van der Waals surface area contributed by atoms with Gasteiger partial charge in [0.05, 0.1) is 0 Å². The van der Waals surface area contributed by atoms with Gasteiger partial charge in [0, 0.05) is 6.61 Å². The number of rotatable bonds is 19. The lowest BCUT2D eigenvalue weighted by atomic mass is 10.3. The maximum Gasteiger partial charge on any atom is 0.161 e. The third kappa shape index (κ3) is 16.9. The van der Waals surface area contributed by atoms with Crippen LogP contribution in [0.25, 0.3) is 0 Å². The summed E-state index contributed by atoms with van der Waals surface area (Å²) in [5.74, 6) is 0. The molecule has 0 fully saturated rings. The van der Waals surface area contributed by atoms with E-state index < -0.39 is 0 Å². The van der Waals surface area contributed by atoms with E-state index in [1.807, 2.05) is 0 Å². The summed E-state index contributed by atoms with van der Waals surface area (Å²) < 4.78 is 5.81. The minimum Gasteiger partial charge on any atom is -0.424 e. The molecule has 0 aromatic carbocycles. The van der Waals surface area contributed by atoms with Gasteiger partial charge >= 0.3 is 0 Å². The van der Waals surface area contributed by atoms with Crippen LogP contribution in [0.15, 0.2) is 0 Å². The Morgan fingerprint density at radius 2 is 1.58 bits per heavy atom. The molecule has 0 aliphatic heterocycles. The van der Waals surface area contributed by atoms with E-state index in [0.717, 1.165) is 26.2 Å². The summed E-state index contributed by atoms with van der Waals surface area (Å²) in [6, 6.07) is 1.34. The van der Waals surface area contributed by atoms with Crippen molar-refractivity contribution in [2.24, 2.45) is 0 Å². The highest BCUT2D eigenvalue weighted by Gasteiger charge is 2.05. The molecule has 0 radical (unpaired) electrons. The van der Waals surface area contributed by atoms with Crippen molar-refractivity contribution in [1.82, 2.24) is 15.1 Å². The fourth-order valence-electron chi connectivity index (χ4n) is 2.68. The van der Waals surface area contributed by atoms with Crippen LogP contribution in [0.1, 0.15) is 59.3 Å². The van der Waals surface area contributed by atoms with Crippen molar-refractivity contribution in [2.45, 2.75) is 65.3 Å². The molecule has 0 rings (SSSR count). The third-order valence-corrected chi connectivity index (χ3v) is 5.83. The Kier molecular flexibility index (Phi) is 19.4. The van der Waals surface area contributed by atoms with Crippen molar-refractivity contribution in [3.8, 4) is 0 Å². The zero-order chi connectivity index (χ0) is 17.9. The predicted octanol–water partition coefficient (Wildman–Crippen LogP) is 2.73. The maximum atomic E-state index is 5.81. The topological polar surface area (TPSA) is 27.7 Å². The Hall–Kier alpha value is 0.0569. The van der Waals surface area contributed by atoms with Gasteiger partial charge in [-0.15, -0.1) is 0 Å². The number of hydrogen-bond donors (Lipinski definition) is 1. The van der Waals surface area contributed by atoms with Gasteiger partial charge in [0.1, 0.15) is 0 Å². The van der Waals surface area contributed by atoms with Crippen LogP contribution in [0.5, 0.6) is 0 Å². The largest absolute Gasteiger partial charge is 0.424 e. The summed E-state index contributed by atoms with van der Waals surface area (Å²) in [5.41, 5.74) is 0. The van der Waals surface area contributed by atoms with Crippen LogP contribution in [-0.2, 0) is 4.43 Å². The van der Waals surface area contributed by atoms with E-state index in [4.69, 9.17) is 4.43 Å². The van der Waals surface area contributed by atoms with Gasteiger partial charge in [0.15, 0.2) is 9.76 Å². The van der Waals surface area contributed by atoms with Crippen LogP contribution in [0.2, 0.25) is 6.04 Å². The lowest BCUT2D eigenvalue weighted by Gasteiger charge is -2.24. The lowest BCUT2D eigenvalue weighted by Crippen LogP contribution is -2.32. The van der Waals surface area contributed by atoms with E-state index >= 15 is 0 Å². The van der Waals surface area contributed by atoms with Crippen molar-refractivity contribution >= 4 is 9.76 Å². The SMILES string of the molecule is CCCCO[SiH2]CCCN(CCCNCCC)CCCN(C)CC. The van der Waals surface area contributed by atoms with Gasteiger partial charge in [-0.05, 0) is 91.0 Å². The summed E-state index contributed by atoms with van der Waals surface area (Å²) in [6.45, 7) is 16.1. The maximum absolute atomic E-state index is 5.81. The summed E-state index contributed by atoms with van der Waals surface area (Å²) >= 11 is 0. The first-order valence-corrected chi connectivity index (χ1v) is 12.0. The molecule has 0 bridgehead atoms. The van der Waals surface area contributed by atoms with Crippen molar-refractivity contribution in [3.05, 3.63) is 0 Å². The van der Waals surface area contributed by atoms with Crippen molar-refractivity contribution in [1.29, 1.82) is 0 Å². The molecule has 1 N–H and O–H groups in total. The minimum absolute atomic E-state index is 0.265. The van der Waals surface area contributed by atoms with Gasteiger partial charge in [0.2, 0.25) is 0 Å². The fourth-order valence-corrected chi connectivity index (χ4v) is 3.72. The molecule has 0 aliphatic carbocycles. The average molecular weight is 360 g/mol. The molecule has 0 saturated heterocycles. The molecular formula is C19H45N3OSi. The Balaban J connectivity index is 3.80. The molecule has 0 aromatic heterocycles. The Bertz CT molecular complexity index is 245. The molecular weight excluding hydrogens is 314 g/mol. The van der Waals surface area contributed by atoms with Crippen molar-refractivity contribution in [3.63, 3.8) is 0 Å². The van der Waals surface area contributed by atoms with Crippen LogP contribution in [0.4, 0.5) is 0 Å². The second-order valence-electron chi connectivity index (χ2n) is 6.87. The first-order chi connectivity index (χ1) is 11.7. The van der Waals surface area contributed by atoms with E-state index in [-0.39, 0.29) is 9.76 Å². The second-order valence-corrected chi connectivity index (χ2v) is 8.39. The first kappa shape index (κ1) is 24.1. The molecule has 4 nitrogen and oxygen atoms in total. The quantitative estimate of drug-likeness (QED) is 0.283. The smallest absolute Gasteiger partial charge is 0.161 e. The molecule has 146 valence electrons. The van der Waals surface area contributed by atoms with Crippen LogP contribution in [0, 0.1) is 0 Å².